The number of hydrogen-bond donors (Lipinski definition) is 0. The number of benzene rings is 1. The first kappa shape index (κ1) is 21.5. The molecule has 0 fully saturated rings. The maximum absolute atomic E-state index is 11.7. The standard InChI is InChI=1S/C20H25FN4O3/c1-25(2)19-6-3-17(4-7-19)14-23-24-15-18-5-8-20(22-13-18)28-12-11-26-9-10-27-16-21/h3-8,13-15H,9-12,16H2,1-2H3/b23-14+,24-15+. The molecule has 0 atom stereocenters. The average Bonchev–Trinajstić information content (AvgIpc) is 2.72. The van der Waals surface area contributed by atoms with Crippen LogP contribution in [0.4, 0.5) is 10.1 Å². The van der Waals surface area contributed by atoms with E-state index in [1.165, 1.54) is 0 Å². The van der Waals surface area contributed by atoms with Crippen molar-refractivity contribution in [2.75, 3.05) is 52.3 Å². The van der Waals surface area contributed by atoms with Gasteiger partial charge < -0.3 is 19.1 Å². The second kappa shape index (κ2) is 12.5. The molecule has 0 saturated carbocycles. The van der Waals surface area contributed by atoms with Gasteiger partial charge in [-0.05, 0) is 23.8 Å². The van der Waals surface area contributed by atoms with Crippen molar-refractivity contribution in [1.29, 1.82) is 0 Å². The topological polar surface area (TPSA) is 68.5 Å². The number of halogens is 1. The monoisotopic (exact) mass is 388 g/mol. The largest absolute Gasteiger partial charge is 0.475 e. The lowest BCUT2D eigenvalue weighted by Crippen LogP contribution is -2.11. The van der Waals surface area contributed by atoms with Gasteiger partial charge in [-0.1, -0.05) is 12.1 Å². The van der Waals surface area contributed by atoms with Crippen LogP contribution >= 0.6 is 0 Å². The second-order valence-corrected chi connectivity index (χ2v) is 5.88. The summed E-state index contributed by atoms with van der Waals surface area (Å²) < 4.78 is 26.9. The molecule has 150 valence electrons. The summed E-state index contributed by atoms with van der Waals surface area (Å²) in [5.74, 6) is 0.491. The Morgan fingerprint density at radius 2 is 1.54 bits per heavy atom. The highest BCUT2D eigenvalue weighted by Gasteiger charge is 1.97. The molecule has 7 nitrogen and oxygen atoms in total. The van der Waals surface area contributed by atoms with Gasteiger partial charge in [0.1, 0.15) is 6.61 Å². The minimum Gasteiger partial charge on any atom is -0.475 e. The van der Waals surface area contributed by atoms with Crippen molar-refractivity contribution >= 4 is 18.1 Å². The van der Waals surface area contributed by atoms with Crippen LogP contribution in [0.25, 0.3) is 0 Å². The number of rotatable bonds is 12. The molecule has 28 heavy (non-hydrogen) atoms. The summed E-state index contributed by atoms with van der Waals surface area (Å²) in [6, 6.07) is 11.6. The Bertz CT molecular complexity index is 734. The van der Waals surface area contributed by atoms with Gasteiger partial charge >= 0.3 is 0 Å². The van der Waals surface area contributed by atoms with Gasteiger partial charge in [-0.3, -0.25) is 0 Å². The maximum Gasteiger partial charge on any atom is 0.213 e. The zero-order chi connectivity index (χ0) is 20.0. The highest BCUT2D eigenvalue weighted by atomic mass is 19.1. The zero-order valence-corrected chi connectivity index (χ0v) is 16.1. The van der Waals surface area contributed by atoms with Crippen LogP contribution in [0.1, 0.15) is 11.1 Å². The third kappa shape index (κ3) is 8.24. The highest BCUT2D eigenvalue weighted by Crippen LogP contribution is 2.11. The van der Waals surface area contributed by atoms with Gasteiger partial charge in [-0.2, -0.15) is 10.2 Å². The fraction of sp³-hybridized carbons (Fsp3) is 0.350. The molecule has 8 heteroatoms. The predicted molar refractivity (Wildman–Crippen MR) is 108 cm³/mol. The third-order valence-electron chi connectivity index (χ3n) is 3.58. The molecule has 2 aromatic rings. The van der Waals surface area contributed by atoms with Gasteiger partial charge in [0.15, 0.2) is 6.86 Å². The first-order valence-electron chi connectivity index (χ1n) is 8.83. The average molecular weight is 388 g/mol. The van der Waals surface area contributed by atoms with Gasteiger partial charge in [0.2, 0.25) is 5.88 Å². The minimum absolute atomic E-state index is 0.229. The van der Waals surface area contributed by atoms with E-state index in [1.807, 2.05) is 49.3 Å². The van der Waals surface area contributed by atoms with Crippen LogP contribution in [0, 0.1) is 0 Å². The number of aromatic nitrogens is 1. The summed E-state index contributed by atoms with van der Waals surface area (Å²) >= 11 is 0. The number of alkyl halides is 1. The van der Waals surface area contributed by atoms with E-state index in [0.29, 0.717) is 25.7 Å². The quantitative estimate of drug-likeness (QED) is 0.318. The van der Waals surface area contributed by atoms with Gasteiger partial charge in [0.05, 0.1) is 32.2 Å². The van der Waals surface area contributed by atoms with Crippen LogP contribution in [0.2, 0.25) is 0 Å². The van der Waals surface area contributed by atoms with Crippen molar-refractivity contribution in [1.82, 2.24) is 4.98 Å². The molecule has 0 amide bonds. The number of hydrogen-bond acceptors (Lipinski definition) is 7. The molecule has 2 rings (SSSR count). The van der Waals surface area contributed by atoms with Crippen LogP contribution in [-0.4, -0.2) is 64.8 Å². The minimum atomic E-state index is -0.797. The van der Waals surface area contributed by atoms with Gasteiger partial charge in [0.25, 0.3) is 0 Å². The summed E-state index contributed by atoms with van der Waals surface area (Å²) in [5, 5.41) is 8.08. The molecule has 0 aliphatic rings. The fourth-order valence-electron chi connectivity index (χ4n) is 2.09. The lowest BCUT2D eigenvalue weighted by molar-refractivity contribution is 0.00397. The Labute approximate surface area is 164 Å². The summed E-state index contributed by atoms with van der Waals surface area (Å²) in [6.45, 7) is 0.495. The molecule has 0 N–H and O–H groups in total. The zero-order valence-electron chi connectivity index (χ0n) is 16.1. The van der Waals surface area contributed by atoms with E-state index >= 15 is 0 Å². The number of pyridine rings is 1. The normalized spacial score (nSPS) is 11.4. The van der Waals surface area contributed by atoms with Crippen molar-refractivity contribution in [3.05, 3.63) is 53.7 Å². The maximum atomic E-state index is 11.7. The second-order valence-electron chi connectivity index (χ2n) is 5.88. The van der Waals surface area contributed by atoms with E-state index in [2.05, 4.69) is 19.9 Å². The van der Waals surface area contributed by atoms with E-state index in [4.69, 9.17) is 9.47 Å². The molecule has 0 aliphatic heterocycles. The molecule has 1 aromatic heterocycles. The lowest BCUT2D eigenvalue weighted by Gasteiger charge is -2.11. The molecular weight excluding hydrogens is 363 g/mol. The third-order valence-corrected chi connectivity index (χ3v) is 3.58. The fourth-order valence-corrected chi connectivity index (χ4v) is 2.09. The van der Waals surface area contributed by atoms with Crippen LogP contribution in [0.15, 0.2) is 52.8 Å². The molecule has 1 aromatic carbocycles. The van der Waals surface area contributed by atoms with Crippen LogP contribution < -0.4 is 9.64 Å². The molecule has 0 spiro atoms. The van der Waals surface area contributed by atoms with E-state index in [0.717, 1.165) is 16.8 Å². The first-order chi connectivity index (χ1) is 13.7. The summed E-state index contributed by atoms with van der Waals surface area (Å²) in [5.41, 5.74) is 2.92. The van der Waals surface area contributed by atoms with Crippen LogP contribution in [-0.2, 0) is 9.47 Å². The summed E-state index contributed by atoms with van der Waals surface area (Å²) in [4.78, 5) is 6.23. The smallest absolute Gasteiger partial charge is 0.213 e. The molecule has 0 unspecified atom stereocenters. The Morgan fingerprint density at radius 3 is 2.18 bits per heavy atom. The first-order valence-corrected chi connectivity index (χ1v) is 8.83. The summed E-state index contributed by atoms with van der Waals surface area (Å²) in [7, 11) is 4.00. The molecule has 0 bridgehead atoms. The van der Waals surface area contributed by atoms with Crippen LogP contribution in [0.3, 0.4) is 0 Å². The number of ether oxygens (including phenoxy) is 3. The SMILES string of the molecule is CN(C)c1ccc(/C=N/N=C/c2ccc(OCCOCCOCF)nc2)cc1. The molecular formula is C20H25FN4O3. The van der Waals surface area contributed by atoms with Gasteiger partial charge in [-0.25, -0.2) is 9.37 Å². The van der Waals surface area contributed by atoms with E-state index in [-0.39, 0.29) is 6.61 Å². The van der Waals surface area contributed by atoms with Crippen molar-refractivity contribution in [3.63, 3.8) is 0 Å². The molecule has 1 heterocycles. The predicted octanol–water partition coefficient (Wildman–Crippen LogP) is 2.94. The Balaban J connectivity index is 1.71. The van der Waals surface area contributed by atoms with Gasteiger partial charge in [0, 0.05) is 37.6 Å². The lowest BCUT2D eigenvalue weighted by atomic mass is 10.2. The van der Waals surface area contributed by atoms with Crippen molar-refractivity contribution in [2.45, 2.75) is 0 Å². The van der Waals surface area contributed by atoms with E-state index in [9.17, 15) is 4.39 Å². The van der Waals surface area contributed by atoms with E-state index in [1.54, 1.807) is 24.7 Å². The number of anilines is 1. The van der Waals surface area contributed by atoms with Gasteiger partial charge in [-0.15, -0.1) is 0 Å². The van der Waals surface area contributed by atoms with Crippen molar-refractivity contribution in [3.8, 4) is 5.88 Å². The highest BCUT2D eigenvalue weighted by molar-refractivity contribution is 5.82. The Morgan fingerprint density at radius 1 is 0.893 bits per heavy atom. The molecule has 0 aliphatic carbocycles. The Hall–Kier alpha value is -2.84. The molecule has 0 radical (unpaired) electrons. The van der Waals surface area contributed by atoms with Crippen molar-refractivity contribution < 1.29 is 18.6 Å². The van der Waals surface area contributed by atoms with Crippen molar-refractivity contribution in [2.24, 2.45) is 10.2 Å². The van der Waals surface area contributed by atoms with E-state index < -0.39 is 6.86 Å². The number of nitrogens with zero attached hydrogens (tertiary/aromatic N) is 4. The molecule has 0 saturated heterocycles. The van der Waals surface area contributed by atoms with Crippen LogP contribution in [0.5, 0.6) is 5.88 Å². The summed E-state index contributed by atoms with van der Waals surface area (Å²) in [6.07, 6.45) is 4.96. The Kier molecular flexibility index (Phi) is 9.60.